The molecule has 94 valence electrons. The van der Waals surface area contributed by atoms with Gasteiger partial charge in [-0.3, -0.25) is 4.79 Å². The first-order valence-electron chi connectivity index (χ1n) is 5.81. The van der Waals surface area contributed by atoms with Gasteiger partial charge in [0.1, 0.15) is 11.9 Å². The average Bonchev–Trinajstić information content (AvgIpc) is 2.30. The minimum absolute atomic E-state index is 0.258. The molecular formula is C13H18FNO2. The van der Waals surface area contributed by atoms with Crippen LogP contribution in [0.2, 0.25) is 0 Å². The molecule has 0 aliphatic heterocycles. The van der Waals surface area contributed by atoms with Gasteiger partial charge in [-0.25, -0.2) is 4.39 Å². The van der Waals surface area contributed by atoms with Crippen LogP contribution in [0.4, 0.5) is 4.39 Å². The van der Waals surface area contributed by atoms with Crippen LogP contribution in [0.15, 0.2) is 24.3 Å². The molecule has 0 bridgehead atoms. The van der Waals surface area contributed by atoms with Gasteiger partial charge in [-0.1, -0.05) is 19.1 Å². The highest BCUT2D eigenvalue weighted by Gasteiger charge is 2.16. The molecule has 0 aliphatic rings. The van der Waals surface area contributed by atoms with Crippen molar-refractivity contribution >= 4 is 5.97 Å². The largest absolute Gasteiger partial charge is 0.465 e. The zero-order valence-electron chi connectivity index (χ0n) is 10.2. The zero-order chi connectivity index (χ0) is 12.7. The minimum atomic E-state index is -0.335. The van der Waals surface area contributed by atoms with Gasteiger partial charge in [0.05, 0.1) is 6.61 Å². The zero-order valence-corrected chi connectivity index (χ0v) is 10.2. The molecule has 1 atom stereocenters. The first-order valence-corrected chi connectivity index (χ1v) is 5.81. The third-order valence-corrected chi connectivity index (χ3v) is 2.42. The maximum Gasteiger partial charge on any atom is 0.323 e. The van der Waals surface area contributed by atoms with Crippen LogP contribution in [0.5, 0.6) is 0 Å². The number of carbonyl (C=O) groups excluding carboxylic acids is 1. The summed E-state index contributed by atoms with van der Waals surface area (Å²) in [6, 6.07) is 5.97. The Morgan fingerprint density at radius 1 is 1.47 bits per heavy atom. The van der Waals surface area contributed by atoms with E-state index in [1.165, 1.54) is 12.1 Å². The lowest BCUT2D eigenvalue weighted by molar-refractivity contribution is -0.145. The van der Waals surface area contributed by atoms with E-state index in [1.807, 2.05) is 13.0 Å². The Bertz CT molecular complexity index is 368. The van der Waals surface area contributed by atoms with E-state index in [4.69, 9.17) is 4.74 Å². The third kappa shape index (κ3) is 4.53. The van der Waals surface area contributed by atoms with Gasteiger partial charge < -0.3 is 10.1 Å². The lowest BCUT2D eigenvalue weighted by Gasteiger charge is -2.15. The molecule has 4 heteroatoms. The number of carbonyl (C=O) groups is 1. The molecule has 1 unspecified atom stereocenters. The Labute approximate surface area is 101 Å². The van der Waals surface area contributed by atoms with Crippen LogP contribution < -0.4 is 5.32 Å². The Balaban J connectivity index is 2.50. The number of hydrogen-bond donors (Lipinski definition) is 1. The van der Waals surface area contributed by atoms with Gasteiger partial charge in [-0.2, -0.15) is 0 Å². The fraction of sp³-hybridized carbons (Fsp3) is 0.462. The standard InChI is InChI=1S/C13H18FNO2/c1-3-12(13(16)17-4-2)15-9-10-6-5-7-11(14)8-10/h5-8,12,15H,3-4,9H2,1-2H3. The Morgan fingerprint density at radius 2 is 2.24 bits per heavy atom. The van der Waals surface area contributed by atoms with Crippen molar-refractivity contribution in [3.63, 3.8) is 0 Å². The molecule has 0 heterocycles. The van der Waals surface area contributed by atoms with E-state index in [1.54, 1.807) is 13.0 Å². The van der Waals surface area contributed by atoms with Crippen LogP contribution in [0.25, 0.3) is 0 Å². The van der Waals surface area contributed by atoms with Crippen LogP contribution in [0.3, 0.4) is 0 Å². The molecule has 0 aliphatic carbocycles. The summed E-state index contributed by atoms with van der Waals surface area (Å²) in [4.78, 5) is 11.5. The molecule has 1 aromatic carbocycles. The summed E-state index contributed by atoms with van der Waals surface area (Å²) in [5.74, 6) is -0.528. The highest BCUT2D eigenvalue weighted by atomic mass is 19.1. The molecule has 1 rings (SSSR count). The van der Waals surface area contributed by atoms with Crippen molar-refractivity contribution in [2.75, 3.05) is 6.61 Å². The number of nitrogens with one attached hydrogen (secondary N) is 1. The molecule has 0 fully saturated rings. The number of rotatable bonds is 6. The summed E-state index contributed by atoms with van der Waals surface area (Å²) in [5.41, 5.74) is 0.813. The van der Waals surface area contributed by atoms with Crippen molar-refractivity contribution in [3.8, 4) is 0 Å². The second-order valence-electron chi connectivity index (χ2n) is 3.72. The van der Waals surface area contributed by atoms with Gasteiger partial charge in [0.25, 0.3) is 0 Å². The SMILES string of the molecule is CCOC(=O)C(CC)NCc1cccc(F)c1. The van der Waals surface area contributed by atoms with Crippen LogP contribution >= 0.6 is 0 Å². The normalized spacial score (nSPS) is 12.2. The molecular weight excluding hydrogens is 221 g/mol. The lowest BCUT2D eigenvalue weighted by Crippen LogP contribution is -2.37. The number of hydrogen-bond acceptors (Lipinski definition) is 3. The second kappa shape index (κ2) is 7.01. The molecule has 0 saturated heterocycles. The molecule has 0 radical (unpaired) electrons. The van der Waals surface area contributed by atoms with Crippen molar-refractivity contribution < 1.29 is 13.9 Å². The van der Waals surface area contributed by atoms with Gasteiger partial charge in [0.2, 0.25) is 0 Å². The second-order valence-corrected chi connectivity index (χ2v) is 3.72. The van der Waals surface area contributed by atoms with Crippen LogP contribution in [-0.2, 0) is 16.1 Å². The minimum Gasteiger partial charge on any atom is -0.465 e. The van der Waals surface area contributed by atoms with Gasteiger partial charge in [-0.15, -0.1) is 0 Å². The smallest absolute Gasteiger partial charge is 0.323 e. The molecule has 0 aromatic heterocycles. The summed E-state index contributed by atoms with van der Waals surface area (Å²) in [6.07, 6.45) is 0.647. The molecule has 3 nitrogen and oxygen atoms in total. The maximum absolute atomic E-state index is 12.9. The van der Waals surface area contributed by atoms with Crippen LogP contribution in [0, 0.1) is 5.82 Å². The third-order valence-electron chi connectivity index (χ3n) is 2.42. The van der Waals surface area contributed by atoms with Crippen molar-refractivity contribution in [2.45, 2.75) is 32.9 Å². The summed E-state index contributed by atoms with van der Waals surface area (Å²) in [7, 11) is 0. The van der Waals surface area contributed by atoms with Gasteiger partial charge in [0.15, 0.2) is 0 Å². The van der Waals surface area contributed by atoms with Gasteiger partial charge in [-0.05, 0) is 31.0 Å². The summed E-state index contributed by atoms with van der Waals surface area (Å²) in [6.45, 7) is 4.50. The Kier molecular flexibility index (Phi) is 5.63. The van der Waals surface area contributed by atoms with E-state index in [0.29, 0.717) is 19.6 Å². The number of halogens is 1. The number of esters is 1. The predicted molar refractivity (Wildman–Crippen MR) is 64.0 cm³/mol. The predicted octanol–water partition coefficient (Wildman–Crippen LogP) is 2.26. The molecule has 0 amide bonds. The fourth-order valence-electron chi connectivity index (χ4n) is 1.53. The van der Waals surface area contributed by atoms with Crippen molar-refractivity contribution in [3.05, 3.63) is 35.6 Å². The Hall–Kier alpha value is -1.42. The fourth-order valence-corrected chi connectivity index (χ4v) is 1.53. The summed E-state index contributed by atoms with van der Waals surface area (Å²) < 4.78 is 17.9. The Morgan fingerprint density at radius 3 is 2.82 bits per heavy atom. The van der Waals surface area contributed by atoms with Gasteiger partial charge >= 0.3 is 5.97 Å². The monoisotopic (exact) mass is 239 g/mol. The summed E-state index contributed by atoms with van der Waals surface area (Å²) in [5, 5.41) is 3.06. The molecule has 0 saturated carbocycles. The summed E-state index contributed by atoms with van der Waals surface area (Å²) >= 11 is 0. The number of benzene rings is 1. The molecule has 0 spiro atoms. The van der Waals surface area contributed by atoms with Gasteiger partial charge in [0, 0.05) is 6.54 Å². The van der Waals surface area contributed by atoms with Crippen molar-refractivity contribution in [2.24, 2.45) is 0 Å². The molecule has 17 heavy (non-hydrogen) atoms. The highest BCUT2D eigenvalue weighted by Crippen LogP contribution is 2.04. The topological polar surface area (TPSA) is 38.3 Å². The first kappa shape index (κ1) is 13.6. The number of ether oxygens (including phenoxy) is 1. The van der Waals surface area contributed by atoms with E-state index >= 15 is 0 Å². The lowest BCUT2D eigenvalue weighted by atomic mass is 10.2. The molecule has 1 aromatic rings. The van der Waals surface area contributed by atoms with E-state index in [9.17, 15) is 9.18 Å². The first-order chi connectivity index (χ1) is 8.17. The van der Waals surface area contributed by atoms with Crippen molar-refractivity contribution in [1.29, 1.82) is 0 Å². The van der Waals surface area contributed by atoms with Crippen LogP contribution in [-0.4, -0.2) is 18.6 Å². The maximum atomic E-state index is 12.9. The van der Waals surface area contributed by atoms with E-state index in [2.05, 4.69) is 5.32 Å². The van der Waals surface area contributed by atoms with E-state index in [-0.39, 0.29) is 17.8 Å². The quantitative estimate of drug-likeness (QED) is 0.774. The average molecular weight is 239 g/mol. The van der Waals surface area contributed by atoms with Crippen molar-refractivity contribution in [1.82, 2.24) is 5.32 Å². The highest BCUT2D eigenvalue weighted by molar-refractivity contribution is 5.75. The van der Waals surface area contributed by atoms with E-state index < -0.39 is 0 Å². The molecule has 1 N–H and O–H groups in total. The van der Waals surface area contributed by atoms with Crippen LogP contribution in [0.1, 0.15) is 25.8 Å². The van der Waals surface area contributed by atoms with E-state index in [0.717, 1.165) is 5.56 Å².